The van der Waals surface area contributed by atoms with Crippen LogP contribution >= 0.6 is 11.6 Å². The number of halogens is 4. The predicted molar refractivity (Wildman–Crippen MR) is 247 cm³/mol. The predicted octanol–water partition coefficient (Wildman–Crippen LogP) is 8.02. The molecule has 4 saturated heterocycles. The number of phenolic OH excluding ortho intramolecular Hbond substituents is 2. The van der Waals surface area contributed by atoms with E-state index in [0.29, 0.717) is 70.3 Å². The molecule has 4 aromatic rings. The molecular formula is C50H58ClF3N6O6. The number of anilines is 2. The quantitative estimate of drug-likeness (QED) is 0.111. The Labute approximate surface area is 388 Å². The lowest BCUT2D eigenvalue weighted by molar-refractivity contribution is -0.134. The van der Waals surface area contributed by atoms with Crippen LogP contribution < -0.4 is 10.6 Å². The van der Waals surface area contributed by atoms with Gasteiger partial charge in [-0.1, -0.05) is 60.1 Å². The van der Waals surface area contributed by atoms with Crippen LogP contribution in [0.3, 0.4) is 0 Å². The monoisotopic (exact) mass is 930 g/mol. The fourth-order valence-electron chi connectivity index (χ4n) is 9.35. The summed E-state index contributed by atoms with van der Waals surface area (Å²) in [4.78, 5) is 58.5. The van der Waals surface area contributed by atoms with Crippen molar-refractivity contribution in [2.45, 2.75) is 63.2 Å². The molecule has 4 aliphatic rings. The summed E-state index contributed by atoms with van der Waals surface area (Å²) in [7, 11) is 0. The number of rotatable bonds is 11. The molecule has 4 N–H and O–H groups in total. The molecule has 4 heterocycles. The molecule has 2 atom stereocenters. The first-order chi connectivity index (χ1) is 31.6. The standard InChI is InChI=1S/C26H30ClF2N3O3.C24H28FN3O3/c1-26(28,29)20-4-2-3-18(13-20)17-8-11-32(12-9-17)24(34)16-31-10-7-19(15-31)25(35)30-21-5-6-23(33)22(27)14-21;25-21-14-20(29)6-7-22(21)26-24(31)19-8-11-27(15-19)16-23(30)28-12-9-18(10-13-28)17-4-2-1-3-5-17/h2-6,13-14,17,19,33H,7-12,15-16H2,1H3,(H,30,35);1-7,14,18-19,29H,8-13,15-16H2,(H,26,31)/t2*19-/m10/s1. The molecule has 0 radical (unpaired) electrons. The van der Waals surface area contributed by atoms with Crippen molar-refractivity contribution in [3.63, 3.8) is 0 Å². The van der Waals surface area contributed by atoms with Gasteiger partial charge < -0.3 is 30.6 Å². The molecular weight excluding hydrogens is 873 g/mol. The summed E-state index contributed by atoms with van der Waals surface area (Å²) in [6.07, 6.45) is 4.72. The van der Waals surface area contributed by atoms with Crippen LogP contribution in [0.2, 0.25) is 5.02 Å². The molecule has 12 nitrogen and oxygen atoms in total. The molecule has 4 fully saturated rings. The van der Waals surface area contributed by atoms with Crippen LogP contribution in [0.25, 0.3) is 0 Å². The Morgan fingerprint density at radius 1 is 0.652 bits per heavy atom. The average Bonchev–Trinajstić information content (AvgIpc) is 3.99. The summed E-state index contributed by atoms with van der Waals surface area (Å²) in [6.45, 7) is 6.50. The van der Waals surface area contributed by atoms with E-state index in [4.69, 9.17) is 11.6 Å². The summed E-state index contributed by atoms with van der Waals surface area (Å²) in [5.41, 5.74) is 2.84. The number of carbonyl (C=O) groups is 4. The fraction of sp³-hybridized carbons (Fsp3) is 0.440. The third-order valence-electron chi connectivity index (χ3n) is 13.3. The molecule has 0 aliphatic carbocycles. The lowest BCUT2D eigenvalue weighted by Gasteiger charge is -2.33. The minimum atomic E-state index is -2.87. The Morgan fingerprint density at radius 3 is 1.74 bits per heavy atom. The van der Waals surface area contributed by atoms with Gasteiger partial charge >= 0.3 is 0 Å². The zero-order valence-corrected chi connectivity index (χ0v) is 37.9. The first kappa shape index (κ1) is 48.3. The first-order valence-corrected chi connectivity index (χ1v) is 23.1. The number of hydrogen-bond acceptors (Lipinski definition) is 8. The van der Waals surface area contributed by atoms with Crippen molar-refractivity contribution in [1.82, 2.24) is 19.6 Å². The number of phenols is 2. The van der Waals surface area contributed by atoms with Crippen molar-refractivity contribution in [2.24, 2.45) is 11.8 Å². The molecule has 4 amide bonds. The van der Waals surface area contributed by atoms with Crippen LogP contribution in [0.5, 0.6) is 11.5 Å². The van der Waals surface area contributed by atoms with Gasteiger partial charge in [0, 0.05) is 63.5 Å². The summed E-state index contributed by atoms with van der Waals surface area (Å²) >= 11 is 5.90. The molecule has 0 spiro atoms. The average molecular weight is 931 g/mol. The van der Waals surface area contributed by atoms with Crippen LogP contribution in [0.1, 0.15) is 74.0 Å². The van der Waals surface area contributed by atoms with E-state index in [1.165, 1.54) is 35.9 Å². The van der Waals surface area contributed by atoms with E-state index >= 15 is 0 Å². The van der Waals surface area contributed by atoms with Gasteiger partial charge in [0.2, 0.25) is 23.6 Å². The van der Waals surface area contributed by atoms with Gasteiger partial charge in [-0.3, -0.25) is 29.0 Å². The van der Waals surface area contributed by atoms with Crippen molar-refractivity contribution < 1.29 is 42.6 Å². The van der Waals surface area contributed by atoms with Crippen LogP contribution in [0, 0.1) is 17.7 Å². The van der Waals surface area contributed by atoms with Gasteiger partial charge in [-0.25, -0.2) is 13.2 Å². The molecule has 4 aromatic carbocycles. The lowest BCUT2D eigenvalue weighted by atomic mass is 9.88. The van der Waals surface area contributed by atoms with E-state index in [1.807, 2.05) is 31.7 Å². The maximum absolute atomic E-state index is 13.9. The van der Waals surface area contributed by atoms with E-state index in [9.17, 15) is 42.6 Å². The number of amides is 4. The molecule has 4 aliphatic heterocycles. The molecule has 0 aromatic heterocycles. The Kier molecular flexibility index (Phi) is 15.9. The lowest BCUT2D eigenvalue weighted by Crippen LogP contribution is -2.43. The summed E-state index contributed by atoms with van der Waals surface area (Å²) in [6, 6.07) is 25.2. The Balaban J connectivity index is 0.000000198. The third kappa shape index (κ3) is 12.8. The molecule has 16 heteroatoms. The number of benzene rings is 4. The summed E-state index contributed by atoms with van der Waals surface area (Å²) in [5, 5.41) is 24.4. The Morgan fingerprint density at radius 2 is 1.20 bits per heavy atom. The molecule has 66 heavy (non-hydrogen) atoms. The van der Waals surface area contributed by atoms with Gasteiger partial charge in [-0.15, -0.1) is 0 Å². The van der Waals surface area contributed by atoms with E-state index in [2.05, 4.69) is 34.9 Å². The number of hydrogen-bond donors (Lipinski definition) is 4. The molecule has 352 valence electrons. The topological polar surface area (TPSA) is 146 Å². The molecule has 0 unspecified atom stereocenters. The van der Waals surface area contributed by atoms with Gasteiger partial charge in [-0.05, 0) is 111 Å². The van der Waals surface area contributed by atoms with Gasteiger partial charge in [0.1, 0.15) is 17.3 Å². The number of nitrogens with one attached hydrogen (secondary N) is 2. The second-order valence-corrected chi connectivity index (χ2v) is 18.4. The van der Waals surface area contributed by atoms with Gasteiger partial charge in [0.05, 0.1) is 35.6 Å². The normalized spacial score (nSPS) is 19.8. The van der Waals surface area contributed by atoms with E-state index in [-0.39, 0.29) is 75.7 Å². The zero-order valence-electron chi connectivity index (χ0n) is 37.1. The van der Waals surface area contributed by atoms with E-state index in [1.54, 1.807) is 18.2 Å². The number of nitrogens with zero attached hydrogens (tertiary/aromatic N) is 4. The van der Waals surface area contributed by atoms with Gasteiger partial charge in [0.25, 0.3) is 5.92 Å². The highest BCUT2D eigenvalue weighted by atomic mass is 35.5. The maximum atomic E-state index is 13.9. The molecule has 0 saturated carbocycles. The highest BCUT2D eigenvalue weighted by Gasteiger charge is 2.34. The SMILES string of the molecule is CC(F)(F)c1cccc(C2CCN(C(=O)CN3CC[C@@H](C(=O)Nc4ccc(O)c(Cl)c4)C3)CC2)c1.O=C(Nc1ccc(O)cc1F)[C@H]1CCN(CC(=O)N2CCC(c3ccccc3)CC2)C1. The second kappa shape index (κ2) is 21.8. The van der Waals surface area contributed by atoms with Gasteiger partial charge in [-0.2, -0.15) is 0 Å². The first-order valence-electron chi connectivity index (χ1n) is 22.7. The van der Waals surface area contributed by atoms with Crippen LogP contribution in [0.4, 0.5) is 24.5 Å². The van der Waals surface area contributed by atoms with Gasteiger partial charge in [0.15, 0.2) is 0 Å². The van der Waals surface area contributed by atoms with E-state index < -0.39 is 11.7 Å². The third-order valence-corrected chi connectivity index (χ3v) is 13.6. The highest BCUT2D eigenvalue weighted by Crippen LogP contribution is 2.34. The summed E-state index contributed by atoms with van der Waals surface area (Å²) in [5.74, 6) is -3.88. The zero-order chi connectivity index (χ0) is 47.0. The number of aromatic hydroxyl groups is 2. The number of piperidine rings is 2. The van der Waals surface area contributed by atoms with Crippen molar-refractivity contribution in [3.8, 4) is 11.5 Å². The van der Waals surface area contributed by atoms with Crippen LogP contribution in [-0.4, -0.2) is 119 Å². The largest absolute Gasteiger partial charge is 0.508 e. The Bertz CT molecular complexity index is 2340. The minimum absolute atomic E-state index is 0.0228. The highest BCUT2D eigenvalue weighted by molar-refractivity contribution is 6.32. The van der Waals surface area contributed by atoms with E-state index in [0.717, 1.165) is 57.3 Å². The Hall–Kier alpha value is -5.64. The van der Waals surface area contributed by atoms with Crippen molar-refractivity contribution in [1.29, 1.82) is 0 Å². The number of likely N-dealkylation sites (tertiary alicyclic amines) is 4. The smallest absolute Gasteiger partial charge is 0.270 e. The maximum Gasteiger partial charge on any atom is 0.270 e. The number of alkyl halides is 2. The molecule has 0 bridgehead atoms. The van der Waals surface area contributed by atoms with Crippen molar-refractivity contribution in [3.05, 3.63) is 119 Å². The number of carbonyl (C=O) groups excluding carboxylic acids is 4. The minimum Gasteiger partial charge on any atom is -0.508 e. The molecule has 8 rings (SSSR count). The van der Waals surface area contributed by atoms with Crippen molar-refractivity contribution in [2.75, 3.05) is 76.1 Å². The fourth-order valence-corrected chi connectivity index (χ4v) is 9.53. The summed E-state index contributed by atoms with van der Waals surface area (Å²) < 4.78 is 41.2. The van der Waals surface area contributed by atoms with Crippen LogP contribution in [-0.2, 0) is 25.1 Å². The second-order valence-electron chi connectivity index (χ2n) is 18.0. The van der Waals surface area contributed by atoms with Crippen LogP contribution in [0.15, 0.2) is 91.0 Å². The van der Waals surface area contributed by atoms with Crippen molar-refractivity contribution >= 4 is 46.6 Å².